The van der Waals surface area contributed by atoms with E-state index in [1.807, 2.05) is 19.1 Å². The molecule has 0 aliphatic carbocycles. The Morgan fingerprint density at radius 1 is 1.60 bits per heavy atom. The second-order valence-electron chi connectivity index (χ2n) is 2.96. The van der Waals surface area contributed by atoms with Gasteiger partial charge in [0.2, 0.25) is 0 Å². The van der Waals surface area contributed by atoms with E-state index in [1.54, 1.807) is 6.07 Å². The normalized spacial score (nSPS) is 9.47. The molecule has 0 bridgehead atoms. The highest BCUT2D eigenvalue weighted by atomic mass is 79.9. The van der Waals surface area contributed by atoms with Crippen LogP contribution < -0.4 is 0 Å². The van der Waals surface area contributed by atoms with Gasteiger partial charge in [-0.15, -0.1) is 0 Å². The number of methoxy groups -OCH3 is 1. The zero-order valence-corrected chi connectivity index (χ0v) is 10.1. The summed E-state index contributed by atoms with van der Waals surface area (Å²) in [5.74, 6) is -0.484. The molecule has 1 rings (SSSR count). The number of halogens is 1. The van der Waals surface area contributed by atoms with Crippen LogP contribution in [0.2, 0.25) is 0 Å². The van der Waals surface area contributed by atoms with Crippen LogP contribution in [-0.4, -0.2) is 13.1 Å². The van der Waals surface area contributed by atoms with Gasteiger partial charge in [-0.2, -0.15) is 5.26 Å². The smallest absolute Gasteiger partial charge is 0.339 e. The summed E-state index contributed by atoms with van der Waals surface area (Å²) < 4.78 is 5.25. The molecule has 0 fully saturated rings. The molecule has 0 aliphatic rings. The van der Waals surface area contributed by atoms with Crippen molar-refractivity contribution < 1.29 is 9.53 Å². The Bertz CT molecular complexity index is 435. The lowest BCUT2D eigenvalue weighted by Gasteiger charge is -2.06. The van der Waals surface area contributed by atoms with Crippen LogP contribution in [0.1, 0.15) is 28.4 Å². The van der Waals surface area contributed by atoms with Crippen LogP contribution in [0.25, 0.3) is 0 Å². The van der Waals surface area contributed by atoms with E-state index in [1.165, 1.54) is 7.11 Å². The Balaban J connectivity index is 3.40. The predicted molar refractivity (Wildman–Crippen MR) is 59.6 cm³/mol. The van der Waals surface area contributed by atoms with Gasteiger partial charge in [0.05, 0.1) is 18.2 Å². The minimum absolute atomic E-state index is 0.311. The number of nitrogens with zero attached hydrogens (tertiary/aromatic N) is 1. The average Bonchev–Trinajstić information content (AvgIpc) is 2.26. The van der Waals surface area contributed by atoms with Crippen molar-refractivity contribution in [1.29, 1.82) is 5.26 Å². The third-order valence-electron chi connectivity index (χ3n) is 2.08. The molecule has 0 saturated carbocycles. The minimum atomic E-state index is -0.484. The van der Waals surface area contributed by atoms with Crippen molar-refractivity contribution >= 4 is 21.9 Å². The Labute approximate surface area is 96.8 Å². The SMILES string of the molecule is CCc1cc(Br)c(C#N)c(C(=O)OC)c1. The molecule has 0 saturated heterocycles. The molecule has 0 radical (unpaired) electrons. The van der Waals surface area contributed by atoms with Crippen molar-refractivity contribution in [2.45, 2.75) is 13.3 Å². The van der Waals surface area contributed by atoms with Gasteiger partial charge >= 0.3 is 5.97 Å². The molecular formula is C11H10BrNO2. The van der Waals surface area contributed by atoms with Crippen LogP contribution >= 0.6 is 15.9 Å². The fourth-order valence-electron chi connectivity index (χ4n) is 1.25. The van der Waals surface area contributed by atoms with E-state index in [0.29, 0.717) is 15.6 Å². The molecular weight excluding hydrogens is 258 g/mol. The lowest BCUT2D eigenvalue weighted by molar-refractivity contribution is 0.0600. The summed E-state index contributed by atoms with van der Waals surface area (Å²) in [5.41, 5.74) is 1.62. The molecule has 0 atom stereocenters. The summed E-state index contributed by atoms with van der Waals surface area (Å²) in [6.45, 7) is 1.98. The molecule has 0 spiro atoms. The summed E-state index contributed by atoms with van der Waals surface area (Å²) in [6, 6.07) is 5.51. The number of rotatable bonds is 2. The Morgan fingerprint density at radius 3 is 2.73 bits per heavy atom. The van der Waals surface area contributed by atoms with E-state index >= 15 is 0 Å². The van der Waals surface area contributed by atoms with Crippen molar-refractivity contribution in [1.82, 2.24) is 0 Å². The second-order valence-corrected chi connectivity index (χ2v) is 3.81. The molecule has 0 amide bonds. The van der Waals surface area contributed by atoms with Crippen molar-refractivity contribution in [3.05, 3.63) is 33.3 Å². The number of ether oxygens (including phenoxy) is 1. The van der Waals surface area contributed by atoms with Crippen LogP contribution in [0.5, 0.6) is 0 Å². The summed E-state index contributed by atoms with van der Waals surface area (Å²) in [6.07, 6.45) is 0.800. The molecule has 0 heterocycles. The predicted octanol–water partition coefficient (Wildman–Crippen LogP) is 2.67. The minimum Gasteiger partial charge on any atom is -0.465 e. The first-order valence-electron chi connectivity index (χ1n) is 4.44. The second kappa shape index (κ2) is 4.94. The van der Waals surface area contributed by atoms with Crippen molar-refractivity contribution in [3.8, 4) is 6.07 Å². The van der Waals surface area contributed by atoms with Gasteiger partial charge in [0.15, 0.2) is 0 Å². The van der Waals surface area contributed by atoms with Gasteiger partial charge < -0.3 is 4.74 Å². The number of benzene rings is 1. The average molecular weight is 268 g/mol. The van der Waals surface area contributed by atoms with Crippen LogP contribution in [0.3, 0.4) is 0 Å². The molecule has 0 N–H and O–H groups in total. The summed E-state index contributed by atoms with van der Waals surface area (Å²) in [5, 5.41) is 8.92. The van der Waals surface area contributed by atoms with Gasteiger partial charge in [-0.05, 0) is 40.0 Å². The largest absolute Gasteiger partial charge is 0.465 e. The van der Waals surface area contributed by atoms with E-state index in [9.17, 15) is 4.79 Å². The molecule has 0 aromatic heterocycles. The molecule has 3 nitrogen and oxygen atoms in total. The fraction of sp³-hybridized carbons (Fsp3) is 0.273. The molecule has 1 aromatic carbocycles. The number of esters is 1. The molecule has 78 valence electrons. The Kier molecular flexibility index (Phi) is 3.87. The number of hydrogen-bond acceptors (Lipinski definition) is 3. The summed E-state index contributed by atoms with van der Waals surface area (Å²) in [7, 11) is 1.30. The highest BCUT2D eigenvalue weighted by Gasteiger charge is 2.15. The van der Waals surface area contributed by atoms with Gasteiger partial charge in [-0.25, -0.2) is 4.79 Å². The number of nitriles is 1. The van der Waals surface area contributed by atoms with Crippen LogP contribution in [0.4, 0.5) is 0 Å². The van der Waals surface area contributed by atoms with Gasteiger partial charge in [-0.1, -0.05) is 6.92 Å². The highest BCUT2D eigenvalue weighted by molar-refractivity contribution is 9.10. The van der Waals surface area contributed by atoms with Gasteiger partial charge in [0.1, 0.15) is 6.07 Å². The fourth-order valence-corrected chi connectivity index (χ4v) is 1.85. The zero-order chi connectivity index (χ0) is 11.4. The number of carbonyl (C=O) groups excluding carboxylic acids is 1. The van der Waals surface area contributed by atoms with E-state index in [4.69, 9.17) is 5.26 Å². The van der Waals surface area contributed by atoms with Gasteiger partial charge in [0.25, 0.3) is 0 Å². The lowest BCUT2D eigenvalue weighted by atomic mass is 10.0. The monoisotopic (exact) mass is 267 g/mol. The molecule has 15 heavy (non-hydrogen) atoms. The zero-order valence-electron chi connectivity index (χ0n) is 8.50. The maximum absolute atomic E-state index is 11.4. The van der Waals surface area contributed by atoms with Crippen molar-refractivity contribution in [3.63, 3.8) is 0 Å². The van der Waals surface area contributed by atoms with Gasteiger partial charge in [0, 0.05) is 4.47 Å². The molecule has 1 aromatic rings. The van der Waals surface area contributed by atoms with Crippen molar-refractivity contribution in [2.24, 2.45) is 0 Å². The third-order valence-corrected chi connectivity index (χ3v) is 2.70. The number of hydrogen-bond donors (Lipinski definition) is 0. The number of carbonyl (C=O) groups is 1. The van der Waals surface area contributed by atoms with Crippen LogP contribution in [0.15, 0.2) is 16.6 Å². The maximum atomic E-state index is 11.4. The van der Waals surface area contributed by atoms with Crippen LogP contribution in [0, 0.1) is 11.3 Å². The number of aryl methyl sites for hydroxylation is 1. The third kappa shape index (κ3) is 2.37. The first kappa shape index (κ1) is 11.7. The Morgan fingerprint density at radius 2 is 2.27 bits per heavy atom. The van der Waals surface area contributed by atoms with E-state index in [0.717, 1.165) is 12.0 Å². The first-order chi connectivity index (χ1) is 7.13. The van der Waals surface area contributed by atoms with Gasteiger partial charge in [-0.3, -0.25) is 0 Å². The quantitative estimate of drug-likeness (QED) is 0.775. The van der Waals surface area contributed by atoms with E-state index in [2.05, 4.69) is 20.7 Å². The summed E-state index contributed by atoms with van der Waals surface area (Å²) in [4.78, 5) is 11.4. The standard InChI is InChI=1S/C11H10BrNO2/c1-3-7-4-8(11(14)15-2)9(6-13)10(12)5-7/h4-5H,3H2,1-2H3. The van der Waals surface area contributed by atoms with E-state index in [-0.39, 0.29) is 0 Å². The topological polar surface area (TPSA) is 50.1 Å². The molecule has 4 heteroatoms. The highest BCUT2D eigenvalue weighted by Crippen LogP contribution is 2.23. The molecule has 0 aliphatic heterocycles. The first-order valence-corrected chi connectivity index (χ1v) is 5.24. The maximum Gasteiger partial charge on any atom is 0.339 e. The lowest BCUT2D eigenvalue weighted by Crippen LogP contribution is -2.05. The van der Waals surface area contributed by atoms with E-state index < -0.39 is 5.97 Å². The Hall–Kier alpha value is -1.34. The summed E-state index contributed by atoms with van der Waals surface area (Å²) >= 11 is 3.27. The van der Waals surface area contributed by atoms with Crippen molar-refractivity contribution in [2.75, 3.05) is 7.11 Å². The molecule has 0 unspecified atom stereocenters. The van der Waals surface area contributed by atoms with Crippen LogP contribution in [-0.2, 0) is 11.2 Å².